The number of nitrogens with zero attached hydrogens (tertiary/aromatic N) is 3. The third-order valence-electron chi connectivity index (χ3n) is 2.74. The molecule has 0 amide bonds. The van der Waals surface area contributed by atoms with E-state index in [0.717, 1.165) is 0 Å². The molecule has 0 aliphatic carbocycles. The van der Waals surface area contributed by atoms with E-state index in [4.69, 9.17) is 5.11 Å². The summed E-state index contributed by atoms with van der Waals surface area (Å²) in [6.45, 7) is 0. The van der Waals surface area contributed by atoms with E-state index in [2.05, 4.69) is 15.2 Å². The van der Waals surface area contributed by atoms with Crippen LogP contribution in [0.5, 0.6) is 0 Å². The lowest BCUT2D eigenvalue weighted by Gasteiger charge is -2.20. The van der Waals surface area contributed by atoms with Gasteiger partial charge < -0.3 is 5.11 Å². The van der Waals surface area contributed by atoms with E-state index >= 15 is 0 Å². The Morgan fingerprint density at radius 2 is 2.00 bits per heavy atom. The van der Waals surface area contributed by atoms with Crippen LogP contribution in [0, 0.1) is 0 Å². The summed E-state index contributed by atoms with van der Waals surface area (Å²) in [6, 6.07) is 0. The van der Waals surface area contributed by atoms with Crippen molar-refractivity contribution in [3.8, 4) is 0 Å². The number of carboxylic acid groups (broad SMARTS) is 1. The quantitative estimate of drug-likeness (QED) is 0.785. The summed E-state index contributed by atoms with van der Waals surface area (Å²) >= 11 is 0. The van der Waals surface area contributed by atoms with Crippen molar-refractivity contribution in [2.45, 2.75) is 18.8 Å². The van der Waals surface area contributed by atoms with Crippen LogP contribution in [0.15, 0.2) is 6.20 Å². The lowest BCUT2D eigenvalue weighted by molar-refractivity contribution is 0.0681. The van der Waals surface area contributed by atoms with Crippen LogP contribution in [0.4, 0.5) is 0 Å². The highest BCUT2D eigenvalue weighted by molar-refractivity contribution is 7.91. The minimum absolute atomic E-state index is 0.0490. The molecule has 0 radical (unpaired) electrons. The smallest absolute Gasteiger partial charge is 0.375 e. The van der Waals surface area contributed by atoms with Gasteiger partial charge in [-0.05, 0) is 12.8 Å². The van der Waals surface area contributed by atoms with Crippen molar-refractivity contribution >= 4 is 15.8 Å². The fraction of sp³-hybridized carbons (Fsp3) is 0.556. The van der Waals surface area contributed by atoms with Crippen molar-refractivity contribution in [1.82, 2.24) is 15.2 Å². The van der Waals surface area contributed by atoms with Crippen LogP contribution in [0.3, 0.4) is 0 Å². The van der Waals surface area contributed by atoms with Crippen LogP contribution in [-0.4, -0.2) is 46.2 Å². The zero-order valence-electron chi connectivity index (χ0n) is 8.90. The van der Waals surface area contributed by atoms with Crippen molar-refractivity contribution in [1.29, 1.82) is 0 Å². The SMILES string of the molecule is O=C(O)c1nncc(C2CCS(=O)(=O)CC2)n1. The van der Waals surface area contributed by atoms with E-state index in [-0.39, 0.29) is 23.2 Å². The average molecular weight is 257 g/mol. The van der Waals surface area contributed by atoms with Crippen LogP contribution in [0.25, 0.3) is 0 Å². The Balaban J connectivity index is 2.18. The first-order chi connectivity index (χ1) is 7.98. The second-order valence-corrected chi connectivity index (χ2v) is 6.24. The normalized spacial score (nSPS) is 20.0. The highest BCUT2D eigenvalue weighted by Crippen LogP contribution is 2.27. The van der Waals surface area contributed by atoms with Gasteiger partial charge in [0, 0.05) is 5.92 Å². The highest BCUT2D eigenvalue weighted by atomic mass is 32.2. The van der Waals surface area contributed by atoms with E-state index in [0.29, 0.717) is 18.5 Å². The Kier molecular flexibility index (Phi) is 3.05. The Hall–Kier alpha value is -1.57. The summed E-state index contributed by atoms with van der Waals surface area (Å²) in [5, 5.41) is 15.7. The van der Waals surface area contributed by atoms with Gasteiger partial charge in [0.25, 0.3) is 5.82 Å². The molecule has 1 aliphatic heterocycles. The predicted molar refractivity (Wildman–Crippen MR) is 57.4 cm³/mol. The van der Waals surface area contributed by atoms with Crippen LogP contribution in [0.1, 0.15) is 35.1 Å². The lowest BCUT2D eigenvalue weighted by Crippen LogP contribution is -2.23. The number of rotatable bonds is 2. The van der Waals surface area contributed by atoms with Crippen molar-refractivity contribution < 1.29 is 18.3 Å². The van der Waals surface area contributed by atoms with Crippen molar-refractivity contribution in [2.24, 2.45) is 0 Å². The minimum atomic E-state index is -2.93. The molecule has 2 rings (SSSR count). The molecule has 1 saturated heterocycles. The predicted octanol–water partition coefficient (Wildman–Crippen LogP) is -0.138. The number of aromatic nitrogens is 3. The second-order valence-electron chi connectivity index (χ2n) is 3.94. The number of hydrogen-bond donors (Lipinski definition) is 1. The van der Waals surface area contributed by atoms with Crippen LogP contribution < -0.4 is 0 Å². The molecule has 1 fully saturated rings. The molecule has 92 valence electrons. The molecule has 0 atom stereocenters. The monoisotopic (exact) mass is 257 g/mol. The summed E-state index contributed by atoms with van der Waals surface area (Å²) < 4.78 is 22.5. The molecular formula is C9H11N3O4S. The molecule has 1 aromatic rings. The Labute approximate surface area is 97.8 Å². The van der Waals surface area contributed by atoms with Crippen LogP contribution in [-0.2, 0) is 9.84 Å². The topological polar surface area (TPSA) is 110 Å². The zero-order valence-corrected chi connectivity index (χ0v) is 9.72. The molecule has 0 bridgehead atoms. The average Bonchev–Trinajstić information content (AvgIpc) is 2.29. The van der Waals surface area contributed by atoms with E-state index in [1.165, 1.54) is 6.20 Å². The summed E-state index contributed by atoms with van der Waals surface area (Å²) in [7, 11) is -2.93. The van der Waals surface area contributed by atoms with E-state index < -0.39 is 15.8 Å². The van der Waals surface area contributed by atoms with Gasteiger partial charge in [-0.3, -0.25) is 0 Å². The first-order valence-corrected chi connectivity index (χ1v) is 6.93. The van der Waals surface area contributed by atoms with Gasteiger partial charge >= 0.3 is 5.97 Å². The molecule has 2 heterocycles. The maximum absolute atomic E-state index is 11.3. The van der Waals surface area contributed by atoms with Crippen molar-refractivity contribution in [3.05, 3.63) is 17.7 Å². The third-order valence-corrected chi connectivity index (χ3v) is 4.46. The van der Waals surface area contributed by atoms with Gasteiger partial charge in [0.15, 0.2) is 0 Å². The van der Waals surface area contributed by atoms with Gasteiger partial charge in [-0.1, -0.05) is 0 Å². The van der Waals surface area contributed by atoms with Gasteiger partial charge in [0.05, 0.1) is 23.4 Å². The fourth-order valence-electron chi connectivity index (χ4n) is 1.79. The Morgan fingerprint density at radius 3 is 2.59 bits per heavy atom. The maximum atomic E-state index is 11.3. The zero-order chi connectivity index (χ0) is 12.5. The number of aromatic carboxylic acids is 1. The van der Waals surface area contributed by atoms with E-state index in [1.54, 1.807) is 0 Å². The second kappa shape index (κ2) is 4.36. The molecule has 0 saturated carbocycles. The van der Waals surface area contributed by atoms with Gasteiger partial charge in [-0.25, -0.2) is 18.2 Å². The van der Waals surface area contributed by atoms with Crippen molar-refractivity contribution in [3.63, 3.8) is 0 Å². The number of carboxylic acids is 1. The van der Waals surface area contributed by atoms with Gasteiger partial charge in [-0.15, -0.1) is 5.10 Å². The molecular weight excluding hydrogens is 246 g/mol. The maximum Gasteiger partial charge on any atom is 0.375 e. The summed E-state index contributed by atoms with van der Waals surface area (Å²) in [4.78, 5) is 14.6. The summed E-state index contributed by atoms with van der Waals surface area (Å²) in [5.74, 6) is -1.40. The van der Waals surface area contributed by atoms with Crippen molar-refractivity contribution in [2.75, 3.05) is 11.5 Å². The van der Waals surface area contributed by atoms with E-state index in [9.17, 15) is 13.2 Å². The van der Waals surface area contributed by atoms with Gasteiger partial charge in [0.2, 0.25) is 0 Å². The number of hydrogen-bond acceptors (Lipinski definition) is 6. The highest BCUT2D eigenvalue weighted by Gasteiger charge is 2.26. The number of sulfone groups is 1. The molecule has 1 aliphatic rings. The summed E-state index contributed by atoms with van der Waals surface area (Å²) in [5.41, 5.74) is 0.507. The molecule has 0 aromatic carbocycles. The fourth-order valence-corrected chi connectivity index (χ4v) is 3.28. The molecule has 0 unspecified atom stereocenters. The molecule has 17 heavy (non-hydrogen) atoms. The molecule has 1 aromatic heterocycles. The molecule has 1 N–H and O–H groups in total. The number of carbonyl (C=O) groups is 1. The van der Waals surface area contributed by atoms with Crippen LogP contribution >= 0.6 is 0 Å². The lowest BCUT2D eigenvalue weighted by atomic mass is 9.99. The third kappa shape index (κ3) is 2.76. The van der Waals surface area contributed by atoms with E-state index in [1.807, 2.05) is 0 Å². The minimum Gasteiger partial charge on any atom is -0.475 e. The molecule has 0 spiro atoms. The first-order valence-electron chi connectivity index (χ1n) is 5.11. The molecule has 7 nitrogen and oxygen atoms in total. The van der Waals surface area contributed by atoms with Crippen LogP contribution in [0.2, 0.25) is 0 Å². The Bertz CT molecular complexity index is 529. The molecule has 8 heteroatoms. The largest absolute Gasteiger partial charge is 0.475 e. The first kappa shape index (κ1) is 11.9. The van der Waals surface area contributed by atoms with Gasteiger partial charge in [-0.2, -0.15) is 5.10 Å². The Morgan fingerprint density at radius 1 is 1.35 bits per heavy atom. The summed E-state index contributed by atoms with van der Waals surface area (Å²) in [6.07, 6.45) is 2.31. The standard InChI is InChI=1S/C9H11N3O4S/c13-9(14)8-11-7(5-10-12-8)6-1-3-17(15,16)4-2-6/h5-6H,1-4H2,(H,13,14). The van der Waals surface area contributed by atoms with Gasteiger partial charge in [0.1, 0.15) is 9.84 Å².